The molecule has 0 amide bonds. The van der Waals surface area contributed by atoms with Crippen molar-refractivity contribution in [1.29, 1.82) is 0 Å². The quantitative estimate of drug-likeness (QED) is 0.272. The Balaban J connectivity index is 1.32. The van der Waals surface area contributed by atoms with Gasteiger partial charge in [-0.3, -0.25) is 9.78 Å². The summed E-state index contributed by atoms with van der Waals surface area (Å²) in [5.74, 6) is 1.39. The Morgan fingerprint density at radius 2 is 2.17 bits per heavy atom. The van der Waals surface area contributed by atoms with Gasteiger partial charge in [-0.25, -0.2) is 4.98 Å². The maximum Gasteiger partial charge on any atom is 0.303 e. The predicted octanol–water partition coefficient (Wildman–Crippen LogP) is 4.39. The molecule has 1 saturated heterocycles. The molecule has 1 fully saturated rings. The van der Waals surface area contributed by atoms with Crippen LogP contribution in [0.4, 0.5) is 0 Å². The normalized spacial score (nSPS) is 19.4. The summed E-state index contributed by atoms with van der Waals surface area (Å²) in [7, 11) is 3.63. The Labute approximate surface area is 216 Å². The van der Waals surface area contributed by atoms with Crippen molar-refractivity contribution >= 4 is 28.6 Å². The number of hydrogen-bond donors (Lipinski definition) is 2. The van der Waals surface area contributed by atoms with E-state index in [9.17, 15) is 15.0 Å². The minimum absolute atomic E-state index is 0.0995. The lowest BCUT2D eigenvalue weighted by Crippen LogP contribution is -2.42. The first-order chi connectivity index (χ1) is 17.4. The molecule has 4 rings (SSSR count). The standard InChI is InChI=1S/C27H36N4O4S/c1-30-18-28-16-26(30)36-13-3-11-31-12-9-19(20(17-31)14-27(33)34)4-7-25(32)22-8-10-29-24-6-5-21(35-2)15-23(22)24/h5-6,8,10,15-16,18-20,25,32H,3-4,7,9,11-14,17H2,1-2H3,(H,33,34)/t19-,20+,25+/m1/s1. The van der Waals surface area contributed by atoms with Crippen LogP contribution in [0.1, 0.15) is 43.8 Å². The van der Waals surface area contributed by atoms with Crippen LogP contribution in [0.15, 0.2) is 48.0 Å². The van der Waals surface area contributed by atoms with Crippen LogP contribution in [0.3, 0.4) is 0 Å². The second-order valence-corrected chi connectivity index (χ2v) is 10.7. The zero-order valence-corrected chi connectivity index (χ0v) is 21.9. The molecule has 9 heteroatoms. The number of benzene rings is 1. The number of aliphatic hydroxyl groups is 1. The van der Waals surface area contributed by atoms with Crippen LogP contribution in [0.5, 0.6) is 5.75 Å². The van der Waals surface area contributed by atoms with Crippen LogP contribution in [0.25, 0.3) is 10.9 Å². The Kier molecular flexibility index (Phi) is 9.23. The molecule has 0 unspecified atom stereocenters. The lowest BCUT2D eigenvalue weighted by atomic mass is 9.79. The monoisotopic (exact) mass is 512 g/mol. The van der Waals surface area contributed by atoms with Gasteiger partial charge < -0.3 is 24.4 Å². The highest BCUT2D eigenvalue weighted by atomic mass is 32.2. The fourth-order valence-electron chi connectivity index (χ4n) is 5.24. The van der Waals surface area contributed by atoms with Gasteiger partial charge in [-0.2, -0.15) is 0 Å². The topological polar surface area (TPSA) is 101 Å². The Morgan fingerprint density at radius 1 is 1.31 bits per heavy atom. The number of rotatable bonds is 12. The maximum absolute atomic E-state index is 11.6. The molecule has 3 heterocycles. The second kappa shape index (κ2) is 12.6. The number of aryl methyl sites for hydroxylation is 1. The van der Waals surface area contributed by atoms with Gasteiger partial charge in [0.25, 0.3) is 0 Å². The van der Waals surface area contributed by atoms with Crippen molar-refractivity contribution < 1.29 is 19.7 Å². The highest BCUT2D eigenvalue weighted by Gasteiger charge is 2.31. The van der Waals surface area contributed by atoms with E-state index in [2.05, 4.69) is 14.9 Å². The van der Waals surface area contributed by atoms with E-state index in [1.807, 2.05) is 48.4 Å². The number of nitrogens with zero attached hydrogens (tertiary/aromatic N) is 4. The van der Waals surface area contributed by atoms with Crippen molar-refractivity contribution in [3.05, 3.63) is 48.5 Å². The maximum atomic E-state index is 11.6. The molecule has 8 nitrogen and oxygen atoms in total. The van der Waals surface area contributed by atoms with E-state index in [1.54, 1.807) is 25.1 Å². The number of carbonyl (C=O) groups is 1. The molecule has 0 spiro atoms. The number of aliphatic carboxylic acids is 1. The van der Waals surface area contributed by atoms with E-state index < -0.39 is 12.1 Å². The van der Waals surface area contributed by atoms with E-state index in [0.29, 0.717) is 12.3 Å². The fourth-order valence-corrected chi connectivity index (χ4v) is 6.10. The minimum Gasteiger partial charge on any atom is -0.497 e. The molecule has 194 valence electrons. The molecule has 1 aliphatic rings. The van der Waals surface area contributed by atoms with E-state index in [4.69, 9.17) is 4.74 Å². The molecule has 1 aromatic carbocycles. The summed E-state index contributed by atoms with van der Waals surface area (Å²) in [5.41, 5.74) is 1.67. The smallest absolute Gasteiger partial charge is 0.303 e. The molecule has 1 aliphatic heterocycles. The minimum atomic E-state index is -0.744. The highest BCUT2D eigenvalue weighted by molar-refractivity contribution is 7.99. The summed E-state index contributed by atoms with van der Waals surface area (Å²) in [6, 6.07) is 7.55. The van der Waals surface area contributed by atoms with Gasteiger partial charge in [-0.05, 0) is 80.4 Å². The molecular weight excluding hydrogens is 476 g/mol. The van der Waals surface area contributed by atoms with E-state index in [1.165, 1.54) is 0 Å². The lowest BCUT2D eigenvalue weighted by Gasteiger charge is -2.38. The average molecular weight is 513 g/mol. The molecular formula is C27H36N4O4S. The third kappa shape index (κ3) is 6.78. The number of piperidine rings is 1. The van der Waals surface area contributed by atoms with Gasteiger partial charge in [-0.15, -0.1) is 11.8 Å². The molecule has 3 atom stereocenters. The Morgan fingerprint density at radius 3 is 2.92 bits per heavy atom. The van der Waals surface area contributed by atoms with Crippen molar-refractivity contribution in [2.24, 2.45) is 18.9 Å². The first-order valence-electron chi connectivity index (χ1n) is 12.6. The highest BCUT2D eigenvalue weighted by Crippen LogP contribution is 2.35. The van der Waals surface area contributed by atoms with Crippen molar-refractivity contribution in [3.8, 4) is 5.75 Å². The summed E-state index contributed by atoms with van der Waals surface area (Å²) >= 11 is 1.81. The fraction of sp³-hybridized carbons (Fsp3) is 0.519. The van der Waals surface area contributed by atoms with Crippen molar-refractivity contribution in [3.63, 3.8) is 0 Å². The van der Waals surface area contributed by atoms with Gasteiger partial charge in [0.1, 0.15) is 5.75 Å². The average Bonchev–Trinajstić information content (AvgIpc) is 3.29. The number of methoxy groups -OCH3 is 1. The number of aliphatic hydroxyl groups excluding tert-OH is 1. The van der Waals surface area contributed by atoms with Gasteiger partial charge in [0.05, 0.1) is 36.3 Å². The second-order valence-electron chi connectivity index (χ2n) is 9.63. The first-order valence-corrected chi connectivity index (χ1v) is 13.6. The van der Waals surface area contributed by atoms with E-state index in [0.717, 1.165) is 71.9 Å². The van der Waals surface area contributed by atoms with Crippen molar-refractivity contribution in [2.75, 3.05) is 32.5 Å². The summed E-state index contributed by atoms with van der Waals surface area (Å²) in [5, 5.41) is 22.7. The summed E-state index contributed by atoms with van der Waals surface area (Å²) in [6.07, 6.45) is 8.39. The number of imidazole rings is 1. The number of ether oxygens (including phenoxy) is 1. The van der Waals surface area contributed by atoms with Crippen LogP contribution >= 0.6 is 11.8 Å². The van der Waals surface area contributed by atoms with Crippen LogP contribution < -0.4 is 4.74 Å². The van der Waals surface area contributed by atoms with Gasteiger partial charge >= 0.3 is 5.97 Å². The van der Waals surface area contributed by atoms with Gasteiger partial charge in [0, 0.05) is 37.3 Å². The molecule has 36 heavy (non-hydrogen) atoms. The van der Waals surface area contributed by atoms with E-state index >= 15 is 0 Å². The molecule has 0 radical (unpaired) electrons. The zero-order chi connectivity index (χ0) is 25.5. The number of fused-ring (bicyclic) bond motifs is 1. The van der Waals surface area contributed by atoms with Crippen molar-refractivity contribution in [2.45, 2.75) is 43.2 Å². The van der Waals surface area contributed by atoms with Gasteiger partial charge in [-0.1, -0.05) is 0 Å². The summed E-state index contributed by atoms with van der Waals surface area (Å²) < 4.78 is 7.38. The molecule has 2 aromatic heterocycles. The van der Waals surface area contributed by atoms with Crippen LogP contribution in [-0.4, -0.2) is 68.1 Å². The Bertz CT molecular complexity index is 1150. The molecule has 0 saturated carbocycles. The SMILES string of the molecule is COc1ccc2nccc([C@@H](O)CC[C@@H]3CCN(CCCSc4cncn4C)C[C@@H]3CC(=O)O)c2c1. The molecule has 0 aliphatic carbocycles. The first kappa shape index (κ1) is 26.4. The largest absolute Gasteiger partial charge is 0.497 e. The van der Waals surface area contributed by atoms with Crippen LogP contribution in [0, 0.1) is 11.8 Å². The number of aromatic nitrogens is 3. The summed E-state index contributed by atoms with van der Waals surface area (Å²) in [6.45, 7) is 2.75. The van der Waals surface area contributed by atoms with E-state index in [-0.39, 0.29) is 12.3 Å². The van der Waals surface area contributed by atoms with Crippen molar-refractivity contribution in [1.82, 2.24) is 19.4 Å². The third-order valence-electron chi connectivity index (χ3n) is 7.21. The number of likely N-dealkylation sites (tertiary alicyclic amines) is 1. The van der Waals surface area contributed by atoms with Crippen LogP contribution in [-0.2, 0) is 11.8 Å². The number of hydrogen-bond acceptors (Lipinski definition) is 7. The van der Waals surface area contributed by atoms with Gasteiger partial charge in [0.2, 0.25) is 0 Å². The number of carboxylic acid groups (broad SMARTS) is 1. The number of pyridine rings is 1. The summed E-state index contributed by atoms with van der Waals surface area (Å²) in [4.78, 5) is 22.6. The molecule has 0 bridgehead atoms. The molecule has 2 N–H and O–H groups in total. The van der Waals surface area contributed by atoms with Crippen LogP contribution in [0.2, 0.25) is 0 Å². The zero-order valence-electron chi connectivity index (χ0n) is 21.0. The Hall–Kier alpha value is -2.62. The lowest BCUT2D eigenvalue weighted by molar-refractivity contribution is -0.139. The van der Waals surface area contributed by atoms with Gasteiger partial charge in [0.15, 0.2) is 0 Å². The third-order valence-corrected chi connectivity index (χ3v) is 8.39. The number of thioether (sulfide) groups is 1. The molecule has 3 aromatic rings. The number of carboxylic acids is 1. The predicted molar refractivity (Wildman–Crippen MR) is 141 cm³/mol.